The minimum atomic E-state index is 0.163. The van der Waals surface area contributed by atoms with E-state index < -0.39 is 0 Å². The van der Waals surface area contributed by atoms with Gasteiger partial charge in [-0.3, -0.25) is 0 Å². The van der Waals surface area contributed by atoms with Crippen LogP contribution >= 0.6 is 15.9 Å². The number of rotatable bonds is 2. The molecular formula is C16H23BrN4. The van der Waals surface area contributed by atoms with Gasteiger partial charge in [0.1, 0.15) is 10.4 Å². The molecule has 0 radical (unpaired) electrons. The summed E-state index contributed by atoms with van der Waals surface area (Å²) in [6, 6.07) is 1.74. The molecule has 0 aromatic carbocycles. The molecule has 0 spiro atoms. The highest BCUT2D eigenvalue weighted by Gasteiger charge is 2.60. The quantitative estimate of drug-likeness (QED) is 0.791. The monoisotopic (exact) mass is 350 g/mol. The zero-order valence-electron chi connectivity index (χ0n) is 12.7. The Morgan fingerprint density at radius 2 is 1.81 bits per heavy atom. The molecule has 4 nitrogen and oxygen atoms in total. The summed E-state index contributed by atoms with van der Waals surface area (Å²) in [4.78, 5) is 8.85. The van der Waals surface area contributed by atoms with Crippen LogP contribution in [0.25, 0.3) is 0 Å². The number of anilines is 2. The number of aromatic nitrogens is 2. The Labute approximate surface area is 134 Å². The Balaban J connectivity index is 1.68. The first-order valence-corrected chi connectivity index (χ1v) is 8.65. The number of nitrogen functional groups attached to an aromatic ring is 1. The first-order chi connectivity index (χ1) is 9.77. The lowest BCUT2D eigenvalue weighted by molar-refractivity contribution is -0.0974. The van der Waals surface area contributed by atoms with Gasteiger partial charge in [0.25, 0.3) is 0 Å². The van der Waals surface area contributed by atoms with Crippen molar-refractivity contribution in [2.24, 2.45) is 16.7 Å². The first kappa shape index (κ1) is 13.8. The van der Waals surface area contributed by atoms with E-state index in [0.717, 1.165) is 10.5 Å². The normalized spacial score (nSPS) is 44.0. The maximum atomic E-state index is 5.86. The summed E-state index contributed by atoms with van der Waals surface area (Å²) >= 11 is 3.41. The SMILES string of the molecule is CC12CC3CC(C)(C1)CC(Nc1nc(N)cc(Br)n1)(C3)C2. The molecule has 4 saturated carbocycles. The lowest BCUT2D eigenvalue weighted by atomic mass is 9.43. The van der Waals surface area contributed by atoms with Crippen molar-refractivity contribution >= 4 is 27.7 Å². The van der Waals surface area contributed by atoms with E-state index in [9.17, 15) is 0 Å². The van der Waals surface area contributed by atoms with Crippen molar-refractivity contribution in [1.29, 1.82) is 0 Å². The molecule has 114 valence electrons. The average Bonchev–Trinajstić information content (AvgIpc) is 2.19. The molecule has 4 aliphatic rings. The minimum Gasteiger partial charge on any atom is -0.383 e. The van der Waals surface area contributed by atoms with E-state index in [4.69, 9.17) is 5.73 Å². The van der Waals surface area contributed by atoms with Gasteiger partial charge in [-0.1, -0.05) is 13.8 Å². The van der Waals surface area contributed by atoms with Crippen LogP contribution in [0.4, 0.5) is 11.8 Å². The second kappa shape index (κ2) is 4.12. The van der Waals surface area contributed by atoms with Gasteiger partial charge in [-0.15, -0.1) is 0 Å². The molecule has 0 amide bonds. The molecule has 2 unspecified atom stereocenters. The molecule has 21 heavy (non-hydrogen) atoms. The van der Waals surface area contributed by atoms with Gasteiger partial charge in [0, 0.05) is 11.6 Å². The van der Waals surface area contributed by atoms with Gasteiger partial charge in [0.05, 0.1) is 0 Å². The van der Waals surface area contributed by atoms with Gasteiger partial charge >= 0.3 is 0 Å². The molecule has 5 rings (SSSR count). The van der Waals surface area contributed by atoms with E-state index in [1.807, 2.05) is 0 Å². The van der Waals surface area contributed by atoms with E-state index in [-0.39, 0.29) is 5.54 Å². The summed E-state index contributed by atoms with van der Waals surface area (Å²) in [7, 11) is 0. The highest BCUT2D eigenvalue weighted by atomic mass is 79.9. The van der Waals surface area contributed by atoms with Crippen LogP contribution in [-0.2, 0) is 0 Å². The van der Waals surface area contributed by atoms with Gasteiger partial charge in [0.2, 0.25) is 5.95 Å². The predicted octanol–water partition coefficient (Wildman–Crippen LogP) is 3.98. The molecule has 0 aliphatic heterocycles. The van der Waals surface area contributed by atoms with Crippen LogP contribution in [0.15, 0.2) is 10.7 Å². The maximum absolute atomic E-state index is 5.86. The standard InChI is InChI=1S/C16H23BrN4/c1-14-4-10-5-15(2,7-14)9-16(6-10,8-14)21-13-19-11(17)3-12(18)20-13/h3,10H,4-9H2,1-2H3,(H3,18,19,20,21). The van der Waals surface area contributed by atoms with E-state index in [2.05, 4.69) is 45.1 Å². The Kier molecular flexibility index (Phi) is 2.71. The number of hydrogen-bond acceptors (Lipinski definition) is 4. The van der Waals surface area contributed by atoms with Crippen molar-refractivity contribution in [1.82, 2.24) is 9.97 Å². The molecule has 1 heterocycles. The fraction of sp³-hybridized carbons (Fsp3) is 0.750. The fourth-order valence-electron chi connectivity index (χ4n) is 6.32. The molecule has 5 heteroatoms. The van der Waals surface area contributed by atoms with Crippen molar-refractivity contribution in [3.63, 3.8) is 0 Å². The molecular weight excluding hydrogens is 328 g/mol. The van der Waals surface area contributed by atoms with E-state index in [1.165, 1.54) is 38.5 Å². The lowest BCUT2D eigenvalue weighted by Crippen LogP contribution is -2.61. The van der Waals surface area contributed by atoms with Crippen LogP contribution in [0.3, 0.4) is 0 Å². The lowest BCUT2D eigenvalue weighted by Gasteiger charge is -2.65. The Hall–Kier alpha value is -0.840. The third-order valence-electron chi connectivity index (χ3n) is 5.72. The van der Waals surface area contributed by atoms with Gasteiger partial charge in [-0.05, 0) is 71.2 Å². The van der Waals surface area contributed by atoms with Gasteiger partial charge < -0.3 is 11.1 Å². The van der Waals surface area contributed by atoms with Gasteiger partial charge in [-0.25, -0.2) is 4.98 Å². The highest BCUT2D eigenvalue weighted by molar-refractivity contribution is 9.10. The molecule has 4 bridgehead atoms. The molecule has 2 atom stereocenters. The fourth-order valence-corrected chi connectivity index (χ4v) is 6.72. The summed E-state index contributed by atoms with van der Waals surface area (Å²) in [5, 5.41) is 3.69. The van der Waals surface area contributed by atoms with Crippen LogP contribution < -0.4 is 11.1 Å². The topological polar surface area (TPSA) is 63.8 Å². The van der Waals surface area contributed by atoms with Crippen molar-refractivity contribution in [3.8, 4) is 0 Å². The maximum Gasteiger partial charge on any atom is 0.226 e. The van der Waals surface area contributed by atoms with Crippen molar-refractivity contribution in [2.75, 3.05) is 11.1 Å². The second-order valence-electron chi connectivity index (χ2n) is 8.47. The van der Waals surface area contributed by atoms with Crippen molar-refractivity contribution < 1.29 is 0 Å². The third-order valence-corrected chi connectivity index (χ3v) is 6.12. The highest BCUT2D eigenvalue weighted by Crippen LogP contribution is 2.66. The van der Waals surface area contributed by atoms with Crippen LogP contribution in [0.5, 0.6) is 0 Å². The van der Waals surface area contributed by atoms with Crippen LogP contribution in [0.1, 0.15) is 52.4 Å². The number of hydrogen-bond donors (Lipinski definition) is 2. The van der Waals surface area contributed by atoms with Crippen LogP contribution in [0.2, 0.25) is 0 Å². The second-order valence-corrected chi connectivity index (χ2v) is 9.29. The molecule has 4 fully saturated rings. The summed E-state index contributed by atoms with van der Waals surface area (Å²) in [6.07, 6.45) is 7.90. The minimum absolute atomic E-state index is 0.163. The van der Waals surface area contributed by atoms with Gasteiger partial charge in [-0.2, -0.15) is 4.98 Å². The zero-order chi connectivity index (χ0) is 14.9. The Morgan fingerprint density at radius 1 is 1.14 bits per heavy atom. The van der Waals surface area contributed by atoms with Crippen molar-refractivity contribution in [2.45, 2.75) is 57.9 Å². The van der Waals surface area contributed by atoms with E-state index >= 15 is 0 Å². The summed E-state index contributed by atoms with van der Waals surface area (Å²) in [6.45, 7) is 4.95. The number of nitrogens with zero attached hydrogens (tertiary/aromatic N) is 2. The zero-order valence-corrected chi connectivity index (χ0v) is 14.3. The first-order valence-electron chi connectivity index (χ1n) is 7.86. The van der Waals surface area contributed by atoms with Crippen molar-refractivity contribution in [3.05, 3.63) is 10.7 Å². The molecule has 3 N–H and O–H groups in total. The molecule has 4 aliphatic carbocycles. The smallest absolute Gasteiger partial charge is 0.226 e. The number of halogens is 1. The Bertz CT molecular complexity index is 564. The average molecular weight is 351 g/mol. The van der Waals surface area contributed by atoms with Crippen LogP contribution in [-0.4, -0.2) is 15.5 Å². The molecule has 1 aromatic heterocycles. The third kappa shape index (κ3) is 2.33. The predicted molar refractivity (Wildman–Crippen MR) is 87.9 cm³/mol. The number of nitrogens with two attached hydrogens (primary N) is 1. The Morgan fingerprint density at radius 3 is 2.38 bits per heavy atom. The summed E-state index contributed by atoms with van der Waals surface area (Å²) in [5.41, 5.74) is 6.99. The summed E-state index contributed by atoms with van der Waals surface area (Å²) < 4.78 is 0.750. The summed E-state index contributed by atoms with van der Waals surface area (Å²) in [5.74, 6) is 2.05. The van der Waals surface area contributed by atoms with E-state index in [1.54, 1.807) is 6.07 Å². The van der Waals surface area contributed by atoms with Crippen LogP contribution in [0, 0.1) is 16.7 Å². The largest absolute Gasteiger partial charge is 0.383 e. The van der Waals surface area contributed by atoms with Gasteiger partial charge in [0.15, 0.2) is 0 Å². The molecule has 1 aromatic rings. The van der Waals surface area contributed by atoms with E-state index in [0.29, 0.717) is 22.6 Å². The number of nitrogens with one attached hydrogen (secondary N) is 1. The molecule has 0 saturated heterocycles.